The fourth-order valence-electron chi connectivity index (χ4n) is 2.78. The van der Waals surface area contributed by atoms with Crippen molar-refractivity contribution in [1.29, 1.82) is 0 Å². The molecule has 2 heterocycles. The quantitative estimate of drug-likeness (QED) is 0.842. The van der Waals surface area contributed by atoms with Gasteiger partial charge in [-0.1, -0.05) is 6.07 Å². The van der Waals surface area contributed by atoms with Gasteiger partial charge in [0.2, 0.25) is 11.8 Å². The highest BCUT2D eigenvalue weighted by Crippen LogP contribution is 2.15. The highest BCUT2D eigenvalue weighted by molar-refractivity contribution is 5.81. The summed E-state index contributed by atoms with van der Waals surface area (Å²) >= 11 is 0. The van der Waals surface area contributed by atoms with Crippen LogP contribution in [0.2, 0.25) is 0 Å². The molecule has 22 heavy (non-hydrogen) atoms. The Morgan fingerprint density at radius 2 is 1.95 bits per heavy atom. The summed E-state index contributed by atoms with van der Waals surface area (Å²) in [6.07, 6.45) is 2.57. The van der Waals surface area contributed by atoms with Gasteiger partial charge in [-0.3, -0.25) is 9.59 Å². The summed E-state index contributed by atoms with van der Waals surface area (Å²) in [5.41, 5.74) is 2.41. The molecule has 1 fully saturated rings. The van der Waals surface area contributed by atoms with Gasteiger partial charge in [0.05, 0.1) is 6.42 Å². The molecule has 0 unspecified atom stereocenters. The van der Waals surface area contributed by atoms with Gasteiger partial charge in [-0.05, 0) is 24.1 Å². The van der Waals surface area contributed by atoms with Crippen molar-refractivity contribution >= 4 is 22.9 Å². The Balaban J connectivity index is 1.64. The normalized spacial score (nSPS) is 15.9. The van der Waals surface area contributed by atoms with Gasteiger partial charge >= 0.3 is 0 Å². The minimum Gasteiger partial charge on any atom is -0.443 e. The van der Waals surface area contributed by atoms with Gasteiger partial charge < -0.3 is 14.2 Å². The van der Waals surface area contributed by atoms with Crippen LogP contribution in [0.25, 0.3) is 11.1 Å². The zero-order chi connectivity index (χ0) is 15.5. The van der Waals surface area contributed by atoms with E-state index in [2.05, 4.69) is 4.98 Å². The first-order chi connectivity index (χ1) is 10.6. The van der Waals surface area contributed by atoms with Crippen LogP contribution in [0.4, 0.5) is 0 Å². The number of benzene rings is 1. The third-order valence-electron chi connectivity index (χ3n) is 4.04. The molecule has 0 radical (unpaired) electrons. The van der Waals surface area contributed by atoms with Crippen LogP contribution >= 0.6 is 0 Å². The minimum absolute atomic E-state index is 0.0741. The number of aromatic nitrogens is 1. The molecule has 0 spiro atoms. The molecule has 6 nitrogen and oxygen atoms in total. The van der Waals surface area contributed by atoms with Crippen molar-refractivity contribution in [1.82, 2.24) is 14.8 Å². The lowest BCUT2D eigenvalue weighted by atomic mass is 10.1. The molecule has 1 saturated heterocycles. The molecule has 0 N–H and O–H groups in total. The second-order valence-corrected chi connectivity index (χ2v) is 5.57. The molecule has 6 heteroatoms. The average molecular weight is 301 g/mol. The molecule has 1 aromatic carbocycles. The molecule has 1 aliphatic heterocycles. The Morgan fingerprint density at radius 1 is 1.18 bits per heavy atom. The Morgan fingerprint density at radius 3 is 2.77 bits per heavy atom. The third kappa shape index (κ3) is 3.10. The Hall–Kier alpha value is -2.37. The predicted octanol–water partition coefficient (Wildman–Crippen LogP) is 1.45. The van der Waals surface area contributed by atoms with E-state index in [9.17, 15) is 9.59 Å². The van der Waals surface area contributed by atoms with Crippen molar-refractivity contribution in [2.75, 3.05) is 26.2 Å². The molecule has 0 aliphatic carbocycles. The van der Waals surface area contributed by atoms with Crippen LogP contribution < -0.4 is 0 Å². The second-order valence-electron chi connectivity index (χ2n) is 5.57. The standard InChI is InChI=1S/C16H19N3O3/c1-12(20)18-5-2-6-19(8-7-18)16(21)10-13-3-4-14-15(9-13)22-11-17-14/h3-4,9,11H,2,5-8,10H2,1H3. The first-order valence-electron chi connectivity index (χ1n) is 7.49. The number of hydrogen-bond donors (Lipinski definition) is 0. The maximum Gasteiger partial charge on any atom is 0.227 e. The van der Waals surface area contributed by atoms with Crippen LogP contribution in [0.5, 0.6) is 0 Å². The molecule has 2 amide bonds. The Labute approximate surface area is 128 Å². The molecule has 0 atom stereocenters. The molecule has 116 valence electrons. The van der Waals surface area contributed by atoms with Crippen molar-refractivity contribution < 1.29 is 14.0 Å². The second kappa shape index (κ2) is 6.17. The van der Waals surface area contributed by atoms with Crippen LogP contribution in [-0.2, 0) is 16.0 Å². The van der Waals surface area contributed by atoms with Crippen molar-refractivity contribution in [3.05, 3.63) is 30.2 Å². The molecule has 1 aliphatic rings. The number of carbonyl (C=O) groups excluding carboxylic acids is 2. The largest absolute Gasteiger partial charge is 0.443 e. The monoisotopic (exact) mass is 301 g/mol. The zero-order valence-corrected chi connectivity index (χ0v) is 12.6. The number of oxazole rings is 1. The van der Waals surface area contributed by atoms with Crippen LogP contribution in [-0.4, -0.2) is 52.8 Å². The van der Waals surface area contributed by atoms with Crippen molar-refractivity contribution in [3.8, 4) is 0 Å². The predicted molar refractivity (Wildman–Crippen MR) is 81.2 cm³/mol. The molecular weight excluding hydrogens is 282 g/mol. The number of carbonyl (C=O) groups is 2. The van der Waals surface area contributed by atoms with Crippen LogP contribution in [0.1, 0.15) is 18.9 Å². The summed E-state index contributed by atoms with van der Waals surface area (Å²) in [5.74, 6) is 0.161. The number of hydrogen-bond acceptors (Lipinski definition) is 4. The fraction of sp³-hybridized carbons (Fsp3) is 0.438. The van der Waals surface area contributed by atoms with E-state index in [4.69, 9.17) is 4.42 Å². The summed E-state index contributed by atoms with van der Waals surface area (Å²) < 4.78 is 5.27. The molecule has 1 aromatic heterocycles. The topological polar surface area (TPSA) is 66.7 Å². The summed E-state index contributed by atoms with van der Waals surface area (Å²) in [6, 6.07) is 5.63. The number of amides is 2. The molecule has 3 rings (SSSR count). The highest BCUT2D eigenvalue weighted by Gasteiger charge is 2.20. The van der Waals surface area contributed by atoms with Crippen LogP contribution in [0.3, 0.4) is 0 Å². The van der Waals surface area contributed by atoms with E-state index in [0.29, 0.717) is 31.6 Å². The van der Waals surface area contributed by atoms with Crippen molar-refractivity contribution in [3.63, 3.8) is 0 Å². The lowest BCUT2D eigenvalue weighted by Gasteiger charge is -2.21. The van der Waals surface area contributed by atoms with Gasteiger partial charge in [-0.15, -0.1) is 0 Å². The van der Waals surface area contributed by atoms with Gasteiger partial charge in [-0.25, -0.2) is 4.98 Å². The average Bonchev–Trinajstić information content (AvgIpc) is 2.80. The lowest BCUT2D eigenvalue weighted by Crippen LogP contribution is -2.37. The van der Waals surface area contributed by atoms with E-state index in [1.165, 1.54) is 6.39 Å². The maximum atomic E-state index is 12.4. The Bertz CT molecular complexity index is 695. The lowest BCUT2D eigenvalue weighted by molar-refractivity contribution is -0.132. The van der Waals surface area contributed by atoms with Gasteiger partial charge in [0.25, 0.3) is 0 Å². The first-order valence-corrected chi connectivity index (χ1v) is 7.49. The van der Waals surface area contributed by atoms with E-state index in [-0.39, 0.29) is 11.8 Å². The van der Waals surface area contributed by atoms with Gasteiger partial charge in [0.1, 0.15) is 5.52 Å². The van der Waals surface area contributed by atoms with E-state index in [0.717, 1.165) is 24.0 Å². The van der Waals surface area contributed by atoms with Crippen molar-refractivity contribution in [2.45, 2.75) is 19.8 Å². The molecule has 0 bridgehead atoms. The van der Waals surface area contributed by atoms with Gasteiger partial charge in [0, 0.05) is 33.1 Å². The smallest absolute Gasteiger partial charge is 0.227 e. The molecule has 2 aromatic rings. The summed E-state index contributed by atoms with van der Waals surface area (Å²) in [7, 11) is 0. The van der Waals surface area contributed by atoms with E-state index < -0.39 is 0 Å². The SMILES string of the molecule is CC(=O)N1CCCN(C(=O)Cc2ccc3ncoc3c2)CC1. The van der Waals surface area contributed by atoms with Gasteiger partial charge in [0.15, 0.2) is 12.0 Å². The van der Waals surface area contributed by atoms with Crippen molar-refractivity contribution in [2.24, 2.45) is 0 Å². The fourth-order valence-corrected chi connectivity index (χ4v) is 2.78. The van der Waals surface area contributed by atoms with Crippen LogP contribution in [0, 0.1) is 0 Å². The zero-order valence-electron chi connectivity index (χ0n) is 12.6. The highest BCUT2D eigenvalue weighted by atomic mass is 16.3. The summed E-state index contributed by atoms with van der Waals surface area (Å²) in [6.45, 7) is 4.21. The number of nitrogens with zero attached hydrogens (tertiary/aromatic N) is 3. The summed E-state index contributed by atoms with van der Waals surface area (Å²) in [5, 5.41) is 0. The maximum absolute atomic E-state index is 12.4. The molecular formula is C16H19N3O3. The van der Waals surface area contributed by atoms with Crippen LogP contribution in [0.15, 0.2) is 29.0 Å². The van der Waals surface area contributed by atoms with Gasteiger partial charge in [-0.2, -0.15) is 0 Å². The number of rotatable bonds is 2. The van der Waals surface area contributed by atoms with E-state index in [1.807, 2.05) is 23.1 Å². The third-order valence-corrected chi connectivity index (χ3v) is 4.04. The molecule has 0 saturated carbocycles. The van der Waals surface area contributed by atoms with E-state index in [1.54, 1.807) is 11.8 Å². The van der Waals surface area contributed by atoms with E-state index >= 15 is 0 Å². The summed E-state index contributed by atoms with van der Waals surface area (Å²) in [4.78, 5) is 31.6. The number of fused-ring (bicyclic) bond motifs is 1. The Kier molecular flexibility index (Phi) is 4.09. The first kappa shape index (κ1) is 14.6. The minimum atomic E-state index is 0.0741.